The van der Waals surface area contributed by atoms with Gasteiger partial charge < -0.3 is 25.0 Å². The number of aromatic nitrogens is 2. The molecule has 21 heavy (non-hydrogen) atoms. The lowest BCUT2D eigenvalue weighted by molar-refractivity contribution is -0.0505. The van der Waals surface area contributed by atoms with Gasteiger partial charge in [0, 0.05) is 6.20 Å². The zero-order chi connectivity index (χ0) is 15.8. The molecule has 1 aliphatic heterocycles. The van der Waals surface area contributed by atoms with Crippen LogP contribution in [0.25, 0.3) is 0 Å². The summed E-state index contributed by atoms with van der Waals surface area (Å²) in [5.41, 5.74) is -4.47. The van der Waals surface area contributed by atoms with Crippen molar-refractivity contribution in [3.63, 3.8) is 0 Å². The zero-order valence-corrected chi connectivity index (χ0v) is 11.2. The number of aliphatic hydroxyl groups is 3. The molecule has 10 nitrogen and oxygen atoms in total. The molecule has 4 atom stereocenters. The number of ether oxygens (including phenoxy) is 1. The molecule has 0 amide bonds. The Balaban J connectivity index is 2.73. The summed E-state index contributed by atoms with van der Waals surface area (Å²) < 4.78 is 27.2. The van der Waals surface area contributed by atoms with Crippen molar-refractivity contribution in [2.24, 2.45) is 0 Å². The van der Waals surface area contributed by atoms with Gasteiger partial charge in [-0.15, -0.1) is 0 Å². The third kappa shape index (κ3) is 2.56. The van der Waals surface area contributed by atoms with Gasteiger partial charge in [0.25, 0.3) is 5.56 Å². The molecule has 2 heterocycles. The van der Waals surface area contributed by atoms with E-state index in [9.17, 15) is 28.2 Å². The van der Waals surface area contributed by atoms with Crippen LogP contribution >= 0.6 is 0 Å². The van der Waals surface area contributed by atoms with Gasteiger partial charge in [-0.05, 0) is 0 Å². The maximum atomic E-state index is 11.8. The van der Waals surface area contributed by atoms with Gasteiger partial charge in [-0.2, -0.15) is 8.42 Å². The van der Waals surface area contributed by atoms with Crippen molar-refractivity contribution in [3.05, 3.63) is 32.6 Å². The summed E-state index contributed by atoms with van der Waals surface area (Å²) in [6, 6.07) is 0. The summed E-state index contributed by atoms with van der Waals surface area (Å²) in [6.07, 6.45) is -3.88. The zero-order valence-electron chi connectivity index (χ0n) is 10.4. The highest BCUT2D eigenvalue weighted by Gasteiger charge is 2.55. The lowest BCUT2D eigenvalue weighted by atomic mass is 9.90. The van der Waals surface area contributed by atoms with Gasteiger partial charge in [0.15, 0.2) is 5.60 Å². The number of aliphatic hydroxyl groups excluding tert-OH is 3. The summed E-state index contributed by atoms with van der Waals surface area (Å²) >= 11 is 0. The molecule has 0 bridgehead atoms. The van der Waals surface area contributed by atoms with Crippen LogP contribution in [0, 0.1) is 0 Å². The Hall–Kier alpha value is -1.79. The number of hydrogen-bond acceptors (Lipinski definition) is 8. The third-order valence-corrected chi connectivity index (χ3v) is 3.72. The minimum Gasteiger partial charge on any atom is -0.394 e. The molecule has 2 rings (SSSR count). The van der Waals surface area contributed by atoms with Crippen LogP contribution in [0.15, 0.2) is 15.8 Å². The minimum absolute atomic E-state index is 0.422. The highest BCUT2D eigenvalue weighted by molar-refractivity contribution is 7.71. The van der Waals surface area contributed by atoms with Gasteiger partial charge in [-0.1, -0.05) is 0 Å². The molecule has 0 unspecified atom stereocenters. The van der Waals surface area contributed by atoms with Crippen LogP contribution in [0.3, 0.4) is 0 Å². The number of H-pyrrole nitrogens is 2. The van der Waals surface area contributed by atoms with Crippen molar-refractivity contribution in [1.82, 2.24) is 9.97 Å². The molecule has 5 N–H and O–H groups in total. The number of nitrogens with one attached hydrogen (secondary N) is 2. The largest absolute Gasteiger partial charge is 0.394 e. The molecule has 0 radical (unpaired) electrons. The average Bonchev–Trinajstić information content (AvgIpc) is 2.63. The molecule has 1 aromatic rings. The molecule has 1 fully saturated rings. The van der Waals surface area contributed by atoms with E-state index in [0.29, 0.717) is 5.37 Å². The summed E-state index contributed by atoms with van der Waals surface area (Å²) in [7, 11) is -2.86. The molecule has 1 saturated heterocycles. The van der Waals surface area contributed by atoms with Crippen LogP contribution in [0.2, 0.25) is 0 Å². The van der Waals surface area contributed by atoms with E-state index in [2.05, 4.69) is 4.98 Å². The standard InChI is InChI=1S/C10H12N2O8S/c13-2-5-6(14)7(15)10(20-5,3-21(18)19)4-1-11-9(17)12-8(4)16/h1,3,5-7,13-15H,2H2,(H2,11,12,16,17)/t5-,6-,7-,10+/m1/s1. The van der Waals surface area contributed by atoms with Crippen LogP contribution in [0.5, 0.6) is 0 Å². The van der Waals surface area contributed by atoms with Crippen molar-refractivity contribution in [1.29, 1.82) is 0 Å². The maximum absolute atomic E-state index is 11.8. The molecule has 0 aliphatic carbocycles. The normalized spacial score (nSPS) is 32.0. The van der Waals surface area contributed by atoms with Gasteiger partial charge in [-0.25, -0.2) is 4.79 Å². The fraction of sp³-hybridized carbons (Fsp3) is 0.500. The van der Waals surface area contributed by atoms with E-state index in [-0.39, 0.29) is 0 Å². The predicted molar refractivity (Wildman–Crippen MR) is 68.3 cm³/mol. The Morgan fingerprint density at radius 2 is 2.05 bits per heavy atom. The van der Waals surface area contributed by atoms with Gasteiger partial charge >= 0.3 is 5.69 Å². The van der Waals surface area contributed by atoms with Crippen LogP contribution in [-0.2, 0) is 20.6 Å². The number of hydrogen-bond donors (Lipinski definition) is 5. The third-order valence-electron chi connectivity index (χ3n) is 3.18. The van der Waals surface area contributed by atoms with Crippen LogP contribution in [0.1, 0.15) is 5.56 Å². The first-order valence-corrected chi connectivity index (χ1v) is 6.87. The Bertz CT molecular complexity index is 773. The average molecular weight is 320 g/mol. The molecule has 1 aliphatic rings. The molecule has 1 aromatic heterocycles. The second-order valence-electron chi connectivity index (χ2n) is 4.43. The Kier molecular flexibility index (Phi) is 4.11. The summed E-state index contributed by atoms with van der Waals surface area (Å²) in [6.45, 7) is -0.708. The van der Waals surface area contributed by atoms with Crippen molar-refractivity contribution < 1.29 is 28.5 Å². The van der Waals surface area contributed by atoms with Crippen LogP contribution in [0.4, 0.5) is 0 Å². The topological polar surface area (TPSA) is 170 Å². The van der Waals surface area contributed by atoms with Crippen molar-refractivity contribution in [2.75, 3.05) is 6.61 Å². The fourth-order valence-corrected chi connectivity index (χ4v) is 2.83. The Morgan fingerprint density at radius 1 is 1.38 bits per heavy atom. The Labute approximate surface area is 118 Å². The van der Waals surface area contributed by atoms with Gasteiger partial charge in [0.05, 0.1) is 17.5 Å². The second kappa shape index (κ2) is 5.54. The monoisotopic (exact) mass is 320 g/mol. The van der Waals surface area contributed by atoms with Crippen LogP contribution in [-0.4, -0.2) is 64.0 Å². The van der Waals surface area contributed by atoms with E-state index >= 15 is 0 Å². The van der Waals surface area contributed by atoms with Crippen molar-refractivity contribution in [2.45, 2.75) is 23.9 Å². The van der Waals surface area contributed by atoms with E-state index in [1.807, 2.05) is 4.98 Å². The highest BCUT2D eigenvalue weighted by Crippen LogP contribution is 2.36. The van der Waals surface area contributed by atoms with E-state index in [0.717, 1.165) is 6.20 Å². The summed E-state index contributed by atoms with van der Waals surface area (Å²) in [4.78, 5) is 26.8. The SMILES string of the molecule is O=c1[nH]cc([C@]2(C=S(=O)=O)O[C@H](CO)[C@@H](O)[C@H]2O)c(=O)[nH]1. The number of aromatic amines is 2. The summed E-state index contributed by atoms with van der Waals surface area (Å²) in [5, 5.41) is 29.4. The lowest BCUT2D eigenvalue weighted by Gasteiger charge is -2.26. The van der Waals surface area contributed by atoms with Crippen molar-refractivity contribution >= 4 is 15.7 Å². The molecule has 116 valence electrons. The smallest absolute Gasteiger partial charge is 0.325 e. The molecule has 0 spiro atoms. The first-order valence-electron chi connectivity index (χ1n) is 5.73. The summed E-state index contributed by atoms with van der Waals surface area (Å²) in [5.74, 6) is 0. The first kappa shape index (κ1) is 15.6. The lowest BCUT2D eigenvalue weighted by Crippen LogP contribution is -2.47. The Morgan fingerprint density at radius 3 is 2.52 bits per heavy atom. The van der Waals surface area contributed by atoms with Crippen LogP contribution < -0.4 is 11.2 Å². The molecule has 11 heteroatoms. The van der Waals surface area contributed by atoms with Gasteiger partial charge in [-0.3, -0.25) is 9.78 Å². The van der Waals surface area contributed by atoms with E-state index in [1.165, 1.54) is 0 Å². The number of rotatable bonds is 3. The van der Waals surface area contributed by atoms with Gasteiger partial charge in [0.2, 0.25) is 10.3 Å². The molecular formula is C10H12N2O8S. The van der Waals surface area contributed by atoms with E-state index < -0.39 is 57.6 Å². The highest BCUT2D eigenvalue weighted by atomic mass is 32.2. The maximum Gasteiger partial charge on any atom is 0.325 e. The van der Waals surface area contributed by atoms with Crippen molar-refractivity contribution in [3.8, 4) is 0 Å². The second-order valence-corrected chi connectivity index (χ2v) is 5.19. The molecule has 0 aromatic carbocycles. The van der Waals surface area contributed by atoms with E-state index in [1.54, 1.807) is 0 Å². The first-order chi connectivity index (χ1) is 9.81. The molecule has 0 saturated carbocycles. The quantitative estimate of drug-likeness (QED) is 0.351. The molecular weight excluding hydrogens is 308 g/mol. The fourth-order valence-electron chi connectivity index (χ4n) is 2.22. The minimum atomic E-state index is -2.86. The van der Waals surface area contributed by atoms with E-state index in [4.69, 9.17) is 9.84 Å². The van der Waals surface area contributed by atoms with Gasteiger partial charge in [0.1, 0.15) is 18.3 Å². The predicted octanol–water partition coefficient (Wildman–Crippen LogP) is -3.95.